The second-order valence-corrected chi connectivity index (χ2v) is 10.6. The molecule has 3 aliphatic rings. The maximum absolute atomic E-state index is 13.3. The van der Waals surface area contributed by atoms with E-state index >= 15 is 0 Å². The molecule has 0 spiro atoms. The lowest BCUT2D eigenvalue weighted by atomic mass is 9.94. The Balaban J connectivity index is 1.39. The summed E-state index contributed by atoms with van der Waals surface area (Å²) in [5, 5.41) is 16.7. The molecule has 2 aliphatic carbocycles. The summed E-state index contributed by atoms with van der Waals surface area (Å²) >= 11 is 0. The van der Waals surface area contributed by atoms with Gasteiger partial charge in [-0.25, -0.2) is 9.97 Å². The Labute approximate surface area is 204 Å². The molecule has 4 atom stereocenters. The van der Waals surface area contributed by atoms with Gasteiger partial charge >= 0.3 is 0 Å². The van der Waals surface area contributed by atoms with Gasteiger partial charge in [-0.15, -0.1) is 0 Å². The third-order valence-electron chi connectivity index (χ3n) is 7.53. The summed E-state index contributed by atoms with van der Waals surface area (Å²) in [6.07, 6.45) is 12.0. The highest BCUT2D eigenvalue weighted by Gasteiger charge is 2.27. The van der Waals surface area contributed by atoms with E-state index in [1.807, 2.05) is 0 Å². The minimum atomic E-state index is -0.244. The van der Waals surface area contributed by atoms with Crippen LogP contribution in [0.25, 0.3) is 0 Å². The van der Waals surface area contributed by atoms with Gasteiger partial charge in [0.15, 0.2) is 0 Å². The molecule has 1 aromatic heterocycles. The van der Waals surface area contributed by atoms with Gasteiger partial charge in [-0.05, 0) is 52.4 Å². The van der Waals surface area contributed by atoms with E-state index in [1.54, 1.807) is 6.20 Å². The SMILES string of the molecule is C[C@@H]1CN(CCNc2ncc(C(=O)N[C@@H]3CCCC[C@H](O)CC3)c(C3CCCC3)n2)C[C@H](C)O1. The Kier molecular flexibility index (Phi) is 9.14. The molecule has 1 amide bonds. The highest BCUT2D eigenvalue weighted by molar-refractivity contribution is 5.95. The van der Waals surface area contributed by atoms with E-state index < -0.39 is 0 Å². The van der Waals surface area contributed by atoms with Crippen molar-refractivity contribution in [3.8, 4) is 0 Å². The van der Waals surface area contributed by atoms with Crippen LogP contribution in [0.4, 0.5) is 5.95 Å². The van der Waals surface area contributed by atoms with E-state index in [0.717, 1.165) is 83.2 Å². The van der Waals surface area contributed by atoms with Gasteiger partial charge in [-0.2, -0.15) is 0 Å². The van der Waals surface area contributed by atoms with Gasteiger partial charge in [0, 0.05) is 44.3 Å². The minimum absolute atomic E-state index is 0.0650. The van der Waals surface area contributed by atoms with E-state index in [-0.39, 0.29) is 30.3 Å². The van der Waals surface area contributed by atoms with Crippen LogP contribution in [0, 0.1) is 0 Å². The van der Waals surface area contributed by atoms with Crippen LogP contribution in [-0.4, -0.2) is 76.4 Å². The number of hydrogen-bond acceptors (Lipinski definition) is 7. The molecule has 1 aromatic rings. The summed E-state index contributed by atoms with van der Waals surface area (Å²) < 4.78 is 5.82. The normalized spacial score (nSPS) is 29.4. The largest absolute Gasteiger partial charge is 0.393 e. The molecule has 8 heteroatoms. The molecular formula is C26H43N5O3. The summed E-state index contributed by atoms with van der Waals surface area (Å²) in [6, 6.07) is 0.106. The fourth-order valence-corrected chi connectivity index (χ4v) is 5.82. The summed E-state index contributed by atoms with van der Waals surface area (Å²) in [5.41, 5.74) is 1.52. The van der Waals surface area contributed by atoms with Crippen molar-refractivity contribution >= 4 is 11.9 Å². The van der Waals surface area contributed by atoms with Gasteiger partial charge in [-0.1, -0.05) is 25.7 Å². The lowest BCUT2D eigenvalue weighted by molar-refractivity contribution is -0.0667. The van der Waals surface area contributed by atoms with E-state index in [0.29, 0.717) is 17.4 Å². The molecule has 1 aliphatic heterocycles. The average molecular weight is 474 g/mol. The van der Waals surface area contributed by atoms with Gasteiger partial charge in [0.25, 0.3) is 5.91 Å². The van der Waals surface area contributed by atoms with Crippen molar-refractivity contribution in [2.75, 3.05) is 31.5 Å². The molecular weight excluding hydrogens is 430 g/mol. The van der Waals surface area contributed by atoms with E-state index in [2.05, 4.69) is 34.4 Å². The molecule has 8 nitrogen and oxygen atoms in total. The third kappa shape index (κ3) is 7.12. The molecule has 2 heterocycles. The molecule has 0 bridgehead atoms. The van der Waals surface area contributed by atoms with Crippen LogP contribution in [0.1, 0.15) is 100 Å². The predicted octanol–water partition coefficient (Wildman–Crippen LogP) is 3.47. The standard InChI is InChI=1S/C26H43N5O3/c1-18-16-31(17-19(2)34-18)14-13-27-26-28-15-23(24(30-26)20-7-3-4-8-20)25(33)29-21-9-5-6-10-22(32)12-11-21/h15,18-22,32H,3-14,16-17H2,1-2H3,(H,29,33)(H,27,28,30)/t18-,19+,21-,22+/m1/s1. The molecule has 3 fully saturated rings. The molecule has 34 heavy (non-hydrogen) atoms. The molecule has 190 valence electrons. The topological polar surface area (TPSA) is 99.6 Å². The fraction of sp³-hybridized carbons (Fsp3) is 0.808. The molecule has 0 unspecified atom stereocenters. The van der Waals surface area contributed by atoms with Crippen LogP contribution in [0.5, 0.6) is 0 Å². The Morgan fingerprint density at radius 2 is 1.76 bits per heavy atom. The van der Waals surface area contributed by atoms with E-state index in [9.17, 15) is 9.90 Å². The number of anilines is 1. The van der Waals surface area contributed by atoms with Gasteiger partial charge in [-0.3, -0.25) is 9.69 Å². The van der Waals surface area contributed by atoms with Crippen LogP contribution in [0.3, 0.4) is 0 Å². The van der Waals surface area contributed by atoms with E-state index in [4.69, 9.17) is 9.72 Å². The van der Waals surface area contributed by atoms with Gasteiger partial charge < -0.3 is 20.5 Å². The quantitative estimate of drug-likeness (QED) is 0.558. The van der Waals surface area contributed by atoms with Crippen molar-refractivity contribution in [3.05, 3.63) is 17.5 Å². The summed E-state index contributed by atoms with van der Waals surface area (Å²) in [7, 11) is 0. The summed E-state index contributed by atoms with van der Waals surface area (Å²) in [5.74, 6) is 0.871. The van der Waals surface area contributed by atoms with Crippen molar-refractivity contribution < 1.29 is 14.6 Å². The van der Waals surface area contributed by atoms with Crippen molar-refractivity contribution in [3.63, 3.8) is 0 Å². The monoisotopic (exact) mass is 473 g/mol. The summed E-state index contributed by atoms with van der Waals surface area (Å²) in [6.45, 7) is 7.80. The van der Waals surface area contributed by atoms with Gasteiger partial charge in [0.05, 0.1) is 29.6 Å². The Morgan fingerprint density at radius 3 is 2.53 bits per heavy atom. The number of rotatable bonds is 7. The van der Waals surface area contributed by atoms with Crippen LogP contribution < -0.4 is 10.6 Å². The van der Waals surface area contributed by atoms with Crippen LogP contribution >= 0.6 is 0 Å². The number of carbonyl (C=O) groups is 1. The zero-order chi connectivity index (χ0) is 23.9. The number of aromatic nitrogens is 2. The molecule has 4 rings (SSSR count). The zero-order valence-corrected chi connectivity index (χ0v) is 21.0. The van der Waals surface area contributed by atoms with Crippen molar-refractivity contribution in [1.29, 1.82) is 0 Å². The second-order valence-electron chi connectivity index (χ2n) is 10.6. The minimum Gasteiger partial charge on any atom is -0.393 e. The molecule has 0 aromatic carbocycles. The van der Waals surface area contributed by atoms with Crippen LogP contribution in [-0.2, 0) is 4.74 Å². The van der Waals surface area contributed by atoms with Crippen molar-refractivity contribution in [2.45, 2.75) is 108 Å². The summed E-state index contributed by atoms with van der Waals surface area (Å²) in [4.78, 5) is 25.1. The zero-order valence-electron chi connectivity index (χ0n) is 21.0. The van der Waals surface area contributed by atoms with Crippen molar-refractivity contribution in [1.82, 2.24) is 20.2 Å². The third-order valence-corrected chi connectivity index (χ3v) is 7.53. The lowest BCUT2D eigenvalue weighted by Gasteiger charge is -2.35. The number of carbonyl (C=O) groups excluding carboxylic acids is 1. The van der Waals surface area contributed by atoms with Crippen LogP contribution in [0.2, 0.25) is 0 Å². The molecule has 2 saturated carbocycles. The maximum atomic E-state index is 13.3. The average Bonchev–Trinajstić information content (AvgIpc) is 3.33. The highest BCUT2D eigenvalue weighted by Crippen LogP contribution is 2.35. The first-order valence-electron chi connectivity index (χ1n) is 13.5. The Morgan fingerprint density at radius 1 is 1.06 bits per heavy atom. The van der Waals surface area contributed by atoms with Crippen molar-refractivity contribution in [2.24, 2.45) is 0 Å². The van der Waals surface area contributed by atoms with Crippen LogP contribution in [0.15, 0.2) is 6.20 Å². The van der Waals surface area contributed by atoms with E-state index in [1.165, 1.54) is 12.8 Å². The molecule has 0 radical (unpaired) electrons. The number of hydrogen-bond donors (Lipinski definition) is 3. The number of aliphatic hydroxyl groups excluding tert-OH is 1. The number of aliphatic hydroxyl groups is 1. The maximum Gasteiger partial charge on any atom is 0.254 e. The van der Waals surface area contributed by atoms with Gasteiger partial charge in [0.2, 0.25) is 5.95 Å². The lowest BCUT2D eigenvalue weighted by Crippen LogP contribution is -2.46. The number of morpholine rings is 1. The van der Waals surface area contributed by atoms with Gasteiger partial charge in [0.1, 0.15) is 0 Å². The first kappa shape index (κ1) is 25.3. The smallest absolute Gasteiger partial charge is 0.254 e. The number of nitrogens with one attached hydrogen (secondary N) is 2. The number of ether oxygens (including phenoxy) is 1. The Bertz CT molecular complexity index is 791. The number of amides is 1. The highest BCUT2D eigenvalue weighted by atomic mass is 16.5. The number of nitrogens with zero attached hydrogens (tertiary/aromatic N) is 3. The second kappa shape index (κ2) is 12.3. The Hall–Kier alpha value is -1.77. The first-order chi connectivity index (χ1) is 16.5. The first-order valence-corrected chi connectivity index (χ1v) is 13.5. The molecule has 1 saturated heterocycles. The molecule has 3 N–H and O–H groups in total. The predicted molar refractivity (Wildman–Crippen MR) is 133 cm³/mol. The fourth-order valence-electron chi connectivity index (χ4n) is 5.82.